The van der Waals surface area contributed by atoms with Gasteiger partial charge in [0.05, 0.1) is 23.7 Å². The molecule has 0 aliphatic rings. The molecule has 0 saturated heterocycles. The van der Waals surface area contributed by atoms with Crippen LogP contribution in [-0.4, -0.2) is 28.5 Å². The van der Waals surface area contributed by atoms with E-state index in [1.165, 1.54) is 18.6 Å². The van der Waals surface area contributed by atoms with Gasteiger partial charge in [0.15, 0.2) is 0 Å². The number of fused-ring (bicyclic) bond motifs is 1. The molecule has 0 bridgehead atoms. The van der Waals surface area contributed by atoms with Crippen LogP contribution < -0.4 is 26.6 Å². The largest absolute Gasteiger partial charge is 0.495 e. The highest BCUT2D eigenvalue weighted by Gasteiger charge is 2.13. The molecule has 2 aromatic carbocycles. The van der Waals surface area contributed by atoms with Gasteiger partial charge in [0.2, 0.25) is 11.8 Å². The molecule has 0 radical (unpaired) electrons. The van der Waals surface area contributed by atoms with Crippen molar-refractivity contribution in [1.82, 2.24) is 9.55 Å². The van der Waals surface area contributed by atoms with E-state index < -0.39 is 17.2 Å². The van der Waals surface area contributed by atoms with E-state index in [0.717, 1.165) is 0 Å². The maximum atomic E-state index is 12.6. The predicted octanol–water partition coefficient (Wildman–Crippen LogP) is 1.30. The van der Waals surface area contributed by atoms with Crippen LogP contribution in [0.2, 0.25) is 0 Å². The quantitative estimate of drug-likeness (QED) is 0.614. The van der Waals surface area contributed by atoms with E-state index in [4.69, 9.17) is 4.74 Å². The monoisotopic (exact) mass is 382 g/mol. The van der Waals surface area contributed by atoms with Gasteiger partial charge in [0.25, 0.3) is 5.56 Å². The fourth-order valence-electron chi connectivity index (χ4n) is 2.82. The summed E-state index contributed by atoms with van der Waals surface area (Å²) in [7, 11) is 1.45. The Balaban J connectivity index is 1.91. The summed E-state index contributed by atoms with van der Waals surface area (Å²) < 4.78 is 6.40. The lowest BCUT2D eigenvalue weighted by atomic mass is 10.2. The summed E-state index contributed by atoms with van der Waals surface area (Å²) in [5.41, 5.74) is -0.0269. The van der Waals surface area contributed by atoms with Crippen molar-refractivity contribution in [3.8, 4) is 5.75 Å². The molecule has 3 rings (SSSR count). The summed E-state index contributed by atoms with van der Waals surface area (Å²) in [5.74, 6) is -0.368. The van der Waals surface area contributed by atoms with Gasteiger partial charge in [0, 0.05) is 12.6 Å². The number of hydrogen-bond donors (Lipinski definition) is 3. The highest BCUT2D eigenvalue weighted by atomic mass is 16.5. The van der Waals surface area contributed by atoms with Crippen molar-refractivity contribution in [3.05, 3.63) is 63.3 Å². The van der Waals surface area contributed by atoms with Crippen molar-refractivity contribution in [2.75, 3.05) is 17.7 Å². The van der Waals surface area contributed by atoms with Gasteiger partial charge in [-0.2, -0.15) is 0 Å². The molecule has 0 saturated carbocycles. The smallest absolute Gasteiger partial charge is 0.329 e. The molecule has 0 unspecified atom stereocenters. The van der Waals surface area contributed by atoms with Crippen LogP contribution in [0.3, 0.4) is 0 Å². The molecule has 144 valence electrons. The van der Waals surface area contributed by atoms with Crippen LogP contribution in [0.1, 0.15) is 6.92 Å². The molecule has 0 fully saturated rings. The van der Waals surface area contributed by atoms with E-state index in [0.29, 0.717) is 28.0 Å². The summed E-state index contributed by atoms with van der Waals surface area (Å²) >= 11 is 0. The molecule has 3 N–H and O–H groups in total. The minimum Gasteiger partial charge on any atom is -0.495 e. The zero-order valence-electron chi connectivity index (χ0n) is 15.2. The Labute approximate surface area is 159 Å². The van der Waals surface area contributed by atoms with Gasteiger partial charge in [0.1, 0.15) is 12.3 Å². The van der Waals surface area contributed by atoms with Crippen molar-refractivity contribution in [2.45, 2.75) is 13.5 Å². The van der Waals surface area contributed by atoms with Crippen molar-refractivity contribution in [1.29, 1.82) is 0 Å². The number of carbonyl (C=O) groups excluding carboxylic acids is 2. The summed E-state index contributed by atoms with van der Waals surface area (Å²) in [6.07, 6.45) is 0. The molecule has 9 heteroatoms. The molecular formula is C19H18N4O5. The third-order valence-corrected chi connectivity index (χ3v) is 4.00. The zero-order chi connectivity index (χ0) is 20.3. The lowest BCUT2D eigenvalue weighted by molar-refractivity contribution is -0.117. The molecule has 1 heterocycles. The van der Waals surface area contributed by atoms with E-state index in [-0.39, 0.29) is 12.5 Å². The average molecular weight is 382 g/mol. The minimum absolute atomic E-state index is 0.256. The van der Waals surface area contributed by atoms with Gasteiger partial charge in [-0.25, -0.2) is 4.79 Å². The minimum atomic E-state index is -0.683. The lowest BCUT2D eigenvalue weighted by Crippen LogP contribution is -2.34. The third kappa shape index (κ3) is 3.93. The number of aromatic amines is 1. The number of nitrogens with zero attached hydrogens (tertiary/aromatic N) is 1. The molecule has 0 aliphatic heterocycles. The summed E-state index contributed by atoms with van der Waals surface area (Å²) in [6.45, 7) is 1.06. The number of H-pyrrole nitrogens is 1. The molecule has 3 aromatic rings. The topological polar surface area (TPSA) is 122 Å². The van der Waals surface area contributed by atoms with E-state index in [9.17, 15) is 19.2 Å². The number of para-hydroxylation sites is 1. The SMILES string of the molecule is COc1ccc(NC(C)=O)cc1NC(=O)Cn1c(=O)[nH]c(=O)c2ccccc21. The first-order valence-corrected chi connectivity index (χ1v) is 8.36. The van der Waals surface area contributed by atoms with E-state index in [2.05, 4.69) is 15.6 Å². The first-order valence-electron chi connectivity index (χ1n) is 8.36. The zero-order valence-corrected chi connectivity index (χ0v) is 15.2. The Morgan fingerprint density at radius 3 is 2.57 bits per heavy atom. The molecule has 0 spiro atoms. The standard InChI is InChI=1S/C19H18N4O5/c1-11(24)20-12-7-8-16(28-2)14(9-12)21-17(25)10-23-15-6-4-3-5-13(15)18(26)22-19(23)27/h3-9H,10H2,1-2H3,(H,20,24)(H,21,25)(H,22,26,27). The van der Waals surface area contributed by atoms with Gasteiger partial charge >= 0.3 is 5.69 Å². The fourth-order valence-corrected chi connectivity index (χ4v) is 2.82. The Bertz CT molecular complexity index is 1180. The number of ether oxygens (including phenoxy) is 1. The molecule has 0 atom stereocenters. The maximum Gasteiger partial charge on any atom is 0.329 e. The highest BCUT2D eigenvalue weighted by Crippen LogP contribution is 2.28. The van der Waals surface area contributed by atoms with Crippen LogP contribution >= 0.6 is 0 Å². The second-order valence-electron chi connectivity index (χ2n) is 6.01. The Kier molecular flexibility index (Phi) is 5.25. The number of aromatic nitrogens is 2. The molecule has 0 aliphatic carbocycles. The average Bonchev–Trinajstić information content (AvgIpc) is 2.65. The highest BCUT2D eigenvalue weighted by molar-refractivity contribution is 5.95. The first kappa shape index (κ1) is 18.9. The van der Waals surface area contributed by atoms with Crippen LogP contribution in [0, 0.1) is 0 Å². The summed E-state index contributed by atoms with van der Waals surface area (Å²) in [4.78, 5) is 50.1. The van der Waals surface area contributed by atoms with Crippen LogP contribution in [0.5, 0.6) is 5.75 Å². The number of anilines is 2. The van der Waals surface area contributed by atoms with Crippen LogP contribution in [0.25, 0.3) is 10.9 Å². The van der Waals surface area contributed by atoms with E-state index in [1.807, 2.05) is 0 Å². The van der Waals surface area contributed by atoms with Crippen molar-refractivity contribution >= 4 is 34.1 Å². The van der Waals surface area contributed by atoms with Crippen molar-refractivity contribution in [2.24, 2.45) is 0 Å². The Morgan fingerprint density at radius 1 is 1.11 bits per heavy atom. The van der Waals surface area contributed by atoms with Gasteiger partial charge in [-0.1, -0.05) is 12.1 Å². The van der Waals surface area contributed by atoms with E-state index in [1.54, 1.807) is 42.5 Å². The second kappa shape index (κ2) is 7.78. The van der Waals surface area contributed by atoms with Gasteiger partial charge in [-0.05, 0) is 30.3 Å². The number of rotatable bonds is 5. The molecule has 9 nitrogen and oxygen atoms in total. The van der Waals surface area contributed by atoms with E-state index >= 15 is 0 Å². The fraction of sp³-hybridized carbons (Fsp3) is 0.158. The number of hydrogen-bond acceptors (Lipinski definition) is 5. The summed E-state index contributed by atoms with van der Waals surface area (Å²) in [6, 6.07) is 11.3. The normalized spacial score (nSPS) is 10.5. The van der Waals surface area contributed by atoms with Crippen LogP contribution in [0.15, 0.2) is 52.1 Å². The number of carbonyl (C=O) groups is 2. The molecule has 1 aromatic heterocycles. The van der Waals surface area contributed by atoms with Crippen LogP contribution in [-0.2, 0) is 16.1 Å². The van der Waals surface area contributed by atoms with Gasteiger partial charge in [-0.15, -0.1) is 0 Å². The number of benzene rings is 2. The number of nitrogens with one attached hydrogen (secondary N) is 3. The van der Waals surface area contributed by atoms with Gasteiger partial charge in [-0.3, -0.25) is 23.9 Å². The third-order valence-electron chi connectivity index (χ3n) is 4.00. The second-order valence-corrected chi connectivity index (χ2v) is 6.01. The summed E-state index contributed by atoms with van der Waals surface area (Å²) in [5, 5.41) is 5.59. The Hall–Kier alpha value is -3.88. The molecule has 28 heavy (non-hydrogen) atoms. The Morgan fingerprint density at radius 2 is 1.86 bits per heavy atom. The van der Waals surface area contributed by atoms with Crippen molar-refractivity contribution in [3.63, 3.8) is 0 Å². The van der Waals surface area contributed by atoms with Crippen molar-refractivity contribution < 1.29 is 14.3 Å². The molecule has 2 amide bonds. The maximum absolute atomic E-state index is 12.6. The first-order chi connectivity index (χ1) is 13.4. The predicted molar refractivity (Wildman–Crippen MR) is 105 cm³/mol. The number of amides is 2. The number of methoxy groups -OCH3 is 1. The lowest BCUT2D eigenvalue weighted by Gasteiger charge is -2.13. The van der Waals surface area contributed by atoms with Crippen LogP contribution in [0.4, 0.5) is 11.4 Å². The molecular weight excluding hydrogens is 364 g/mol. The van der Waals surface area contributed by atoms with Gasteiger partial charge < -0.3 is 15.4 Å².